The average molecular weight is 379 g/mol. The van der Waals surface area contributed by atoms with Crippen molar-refractivity contribution < 1.29 is 4.79 Å². The van der Waals surface area contributed by atoms with Gasteiger partial charge in [0.1, 0.15) is 0 Å². The third-order valence-corrected chi connectivity index (χ3v) is 5.73. The standard InChI is InChI=1S/C20H34N4OS/c1-4-17(24-12-6-9-19(24)25)10-11-22-20(21-5-2)23-15-16(3)14-18-8-7-13-26-18/h7-8,13,16-17H,4-6,9-12,14-15H2,1-3H3,(H2,21,22,23). The molecule has 1 aromatic rings. The minimum atomic E-state index is 0.319. The molecule has 0 saturated carbocycles. The number of carbonyl (C=O) groups is 1. The number of hydrogen-bond acceptors (Lipinski definition) is 3. The lowest BCUT2D eigenvalue weighted by molar-refractivity contribution is -0.129. The molecule has 0 aliphatic carbocycles. The van der Waals surface area contributed by atoms with E-state index in [1.807, 2.05) is 11.3 Å². The Bertz CT molecular complexity index is 558. The summed E-state index contributed by atoms with van der Waals surface area (Å²) in [6.45, 7) is 9.94. The van der Waals surface area contributed by atoms with Crippen LogP contribution in [0.15, 0.2) is 22.5 Å². The summed E-state index contributed by atoms with van der Waals surface area (Å²) < 4.78 is 0. The fourth-order valence-corrected chi connectivity index (χ4v) is 4.29. The van der Waals surface area contributed by atoms with Crippen LogP contribution >= 0.6 is 11.3 Å². The van der Waals surface area contributed by atoms with Gasteiger partial charge in [0.25, 0.3) is 0 Å². The first-order valence-corrected chi connectivity index (χ1v) is 10.9. The van der Waals surface area contributed by atoms with Crippen molar-refractivity contribution in [3.63, 3.8) is 0 Å². The number of nitrogens with one attached hydrogen (secondary N) is 2. The first-order valence-electron chi connectivity index (χ1n) is 9.98. The van der Waals surface area contributed by atoms with Crippen molar-refractivity contribution in [3.05, 3.63) is 22.4 Å². The zero-order valence-electron chi connectivity index (χ0n) is 16.5. The number of hydrogen-bond donors (Lipinski definition) is 2. The molecule has 1 amide bonds. The number of likely N-dealkylation sites (tertiary alicyclic amines) is 1. The van der Waals surface area contributed by atoms with Gasteiger partial charge in [0.05, 0.1) is 0 Å². The van der Waals surface area contributed by atoms with Gasteiger partial charge in [0, 0.05) is 43.5 Å². The number of thiophene rings is 1. The Hall–Kier alpha value is -1.56. The lowest BCUT2D eigenvalue weighted by Gasteiger charge is -2.27. The lowest BCUT2D eigenvalue weighted by Crippen LogP contribution is -2.42. The normalized spacial score (nSPS) is 17.4. The van der Waals surface area contributed by atoms with Crippen LogP contribution in [0.2, 0.25) is 0 Å². The Balaban J connectivity index is 1.77. The summed E-state index contributed by atoms with van der Waals surface area (Å²) in [7, 11) is 0. The number of aliphatic imine (C=N–C) groups is 1. The zero-order valence-corrected chi connectivity index (χ0v) is 17.3. The fraction of sp³-hybridized carbons (Fsp3) is 0.700. The van der Waals surface area contributed by atoms with Gasteiger partial charge >= 0.3 is 0 Å². The number of rotatable bonds is 10. The highest BCUT2D eigenvalue weighted by Crippen LogP contribution is 2.17. The van der Waals surface area contributed by atoms with Gasteiger partial charge in [0.15, 0.2) is 5.96 Å². The van der Waals surface area contributed by atoms with E-state index in [0.29, 0.717) is 17.9 Å². The van der Waals surface area contributed by atoms with Crippen molar-refractivity contribution in [3.8, 4) is 0 Å². The van der Waals surface area contributed by atoms with Gasteiger partial charge in [0.2, 0.25) is 5.91 Å². The van der Waals surface area contributed by atoms with Crippen molar-refractivity contribution >= 4 is 23.2 Å². The quantitative estimate of drug-likeness (QED) is 0.485. The van der Waals surface area contributed by atoms with E-state index in [-0.39, 0.29) is 0 Å². The van der Waals surface area contributed by atoms with Crippen molar-refractivity contribution in [2.75, 3.05) is 26.2 Å². The maximum Gasteiger partial charge on any atom is 0.222 e. The Morgan fingerprint density at radius 1 is 1.38 bits per heavy atom. The van der Waals surface area contributed by atoms with Crippen LogP contribution in [0.4, 0.5) is 0 Å². The molecule has 1 aliphatic heterocycles. The molecule has 0 radical (unpaired) electrons. The van der Waals surface area contributed by atoms with Crippen LogP contribution in [0.3, 0.4) is 0 Å². The highest BCUT2D eigenvalue weighted by atomic mass is 32.1. The molecule has 2 N–H and O–H groups in total. The number of nitrogens with zero attached hydrogens (tertiary/aromatic N) is 2. The summed E-state index contributed by atoms with van der Waals surface area (Å²) in [5.41, 5.74) is 0. The minimum Gasteiger partial charge on any atom is -0.357 e. The second kappa shape index (κ2) is 11.2. The first-order chi connectivity index (χ1) is 12.6. The monoisotopic (exact) mass is 378 g/mol. The van der Waals surface area contributed by atoms with Gasteiger partial charge in [-0.2, -0.15) is 0 Å². The van der Waals surface area contributed by atoms with Crippen molar-refractivity contribution in [2.45, 2.75) is 58.9 Å². The van der Waals surface area contributed by atoms with E-state index >= 15 is 0 Å². The third-order valence-electron chi connectivity index (χ3n) is 4.83. The maximum absolute atomic E-state index is 12.0. The molecule has 0 bridgehead atoms. The van der Waals surface area contributed by atoms with Crippen LogP contribution in [-0.2, 0) is 11.2 Å². The van der Waals surface area contributed by atoms with Gasteiger partial charge in [-0.1, -0.05) is 19.9 Å². The van der Waals surface area contributed by atoms with Crippen LogP contribution in [-0.4, -0.2) is 49.0 Å². The maximum atomic E-state index is 12.0. The first kappa shape index (κ1) is 20.7. The molecule has 2 unspecified atom stereocenters. The van der Waals surface area contributed by atoms with Crippen LogP contribution < -0.4 is 10.6 Å². The van der Waals surface area contributed by atoms with E-state index < -0.39 is 0 Å². The predicted molar refractivity (Wildman–Crippen MR) is 111 cm³/mol. The van der Waals surface area contributed by atoms with Crippen LogP contribution in [0.1, 0.15) is 51.3 Å². The summed E-state index contributed by atoms with van der Waals surface area (Å²) in [5, 5.41) is 8.90. The van der Waals surface area contributed by atoms with E-state index in [1.165, 1.54) is 4.88 Å². The summed E-state index contributed by atoms with van der Waals surface area (Å²) in [6, 6.07) is 4.65. The van der Waals surface area contributed by atoms with E-state index in [9.17, 15) is 4.79 Å². The lowest BCUT2D eigenvalue weighted by atomic mass is 10.1. The van der Waals surface area contributed by atoms with Gasteiger partial charge in [-0.3, -0.25) is 9.79 Å². The van der Waals surface area contributed by atoms with E-state index in [2.05, 4.69) is 53.8 Å². The molecule has 0 aromatic carbocycles. The smallest absolute Gasteiger partial charge is 0.222 e. The van der Waals surface area contributed by atoms with E-state index in [4.69, 9.17) is 4.99 Å². The molecular weight excluding hydrogens is 344 g/mol. The molecule has 2 rings (SSSR count). The fourth-order valence-electron chi connectivity index (χ4n) is 3.42. The zero-order chi connectivity index (χ0) is 18.8. The van der Waals surface area contributed by atoms with Crippen LogP contribution in [0.25, 0.3) is 0 Å². The van der Waals surface area contributed by atoms with Gasteiger partial charge in [-0.25, -0.2) is 0 Å². The highest BCUT2D eigenvalue weighted by molar-refractivity contribution is 7.09. The molecule has 2 heterocycles. The minimum absolute atomic E-state index is 0.319. The Morgan fingerprint density at radius 2 is 2.23 bits per heavy atom. The SMILES string of the molecule is CCNC(=NCC(C)Cc1cccs1)NCCC(CC)N1CCCC1=O. The summed E-state index contributed by atoms with van der Waals surface area (Å²) in [4.78, 5) is 20.2. The second-order valence-electron chi connectivity index (χ2n) is 7.08. The molecule has 6 heteroatoms. The Kier molecular flexibility index (Phi) is 8.95. The molecule has 26 heavy (non-hydrogen) atoms. The van der Waals surface area contributed by atoms with Gasteiger partial charge < -0.3 is 15.5 Å². The molecule has 1 aromatic heterocycles. The van der Waals surface area contributed by atoms with E-state index in [1.54, 1.807) is 0 Å². The van der Waals surface area contributed by atoms with Crippen molar-refractivity contribution in [1.82, 2.24) is 15.5 Å². The molecule has 1 saturated heterocycles. The Labute approximate surface area is 162 Å². The highest BCUT2D eigenvalue weighted by Gasteiger charge is 2.26. The largest absolute Gasteiger partial charge is 0.357 e. The second-order valence-corrected chi connectivity index (χ2v) is 8.11. The molecule has 0 spiro atoms. The molecular formula is C20H34N4OS. The number of amides is 1. The molecule has 5 nitrogen and oxygen atoms in total. The van der Waals surface area contributed by atoms with Crippen LogP contribution in [0, 0.1) is 5.92 Å². The third kappa shape index (κ3) is 6.63. The number of carbonyl (C=O) groups excluding carboxylic acids is 1. The Morgan fingerprint density at radius 3 is 2.85 bits per heavy atom. The summed E-state index contributed by atoms with van der Waals surface area (Å²) in [6.07, 6.45) is 4.79. The summed E-state index contributed by atoms with van der Waals surface area (Å²) >= 11 is 1.82. The van der Waals surface area contributed by atoms with Crippen LogP contribution in [0.5, 0.6) is 0 Å². The molecule has 146 valence electrons. The molecule has 1 fully saturated rings. The van der Waals surface area contributed by atoms with Gasteiger partial charge in [-0.05, 0) is 50.0 Å². The molecule has 1 aliphatic rings. The molecule has 2 atom stereocenters. The predicted octanol–water partition coefficient (Wildman–Crippen LogP) is 3.27. The van der Waals surface area contributed by atoms with Crippen molar-refractivity contribution in [1.29, 1.82) is 0 Å². The van der Waals surface area contributed by atoms with E-state index in [0.717, 1.165) is 64.2 Å². The topological polar surface area (TPSA) is 56.7 Å². The average Bonchev–Trinajstić information content (AvgIpc) is 3.28. The summed E-state index contributed by atoms with van der Waals surface area (Å²) in [5.74, 6) is 1.72. The number of guanidine groups is 1. The van der Waals surface area contributed by atoms with Crippen molar-refractivity contribution in [2.24, 2.45) is 10.9 Å². The van der Waals surface area contributed by atoms with Gasteiger partial charge in [-0.15, -0.1) is 11.3 Å².